The summed E-state index contributed by atoms with van der Waals surface area (Å²) < 4.78 is 39.6. The summed E-state index contributed by atoms with van der Waals surface area (Å²) in [6.45, 7) is 7.21. The van der Waals surface area contributed by atoms with Crippen LogP contribution in [-0.2, 0) is 15.1 Å². The van der Waals surface area contributed by atoms with Gasteiger partial charge in [0.2, 0.25) is 5.95 Å². The van der Waals surface area contributed by atoms with Crippen molar-refractivity contribution in [3.63, 3.8) is 0 Å². The maximum Gasteiger partial charge on any atom is 0.410 e. The molecule has 0 spiro atoms. The van der Waals surface area contributed by atoms with Crippen LogP contribution < -0.4 is 0 Å². The van der Waals surface area contributed by atoms with Gasteiger partial charge in [-0.2, -0.15) is 4.39 Å². The van der Waals surface area contributed by atoms with Gasteiger partial charge in [0.1, 0.15) is 11.3 Å². The summed E-state index contributed by atoms with van der Waals surface area (Å²) in [4.78, 5) is 28.6. The molecule has 1 aromatic heterocycles. The average molecular weight is 370 g/mol. The number of alkyl halides is 1. The molecule has 0 aromatic carbocycles. The molecule has 2 rings (SSSR count). The van der Waals surface area contributed by atoms with Crippen molar-refractivity contribution in [2.24, 2.45) is 0 Å². The molecule has 8 heteroatoms. The van der Waals surface area contributed by atoms with Crippen molar-refractivity contribution in [1.29, 1.82) is 0 Å². The summed E-state index contributed by atoms with van der Waals surface area (Å²) >= 11 is 0. The summed E-state index contributed by atoms with van der Waals surface area (Å²) in [6.07, 6.45) is -0.677. The highest BCUT2D eigenvalue weighted by atomic mass is 19.1. The van der Waals surface area contributed by atoms with Crippen LogP contribution >= 0.6 is 0 Å². The standard InChI is InChI=1S/C18H24F2N2O4/c1-5-25-15(23)13-7-6-12(14(19)21-13)18(20)8-10-22(11-9-18)16(24)26-17(2,3)4/h6-7H,5,8-11H2,1-4H3. The number of hydrogen-bond acceptors (Lipinski definition) is 5. The van der Waals surface area contributed by atoms with Gasteiger partial charge in [0, 0.05) is 31.5 Å². The molecule has 1 amide bonds. The zero-order valence-electron chi connectivity index (χ0n) is 15.5. The lowest BCUT2D eigenvalue weighted by Gasteiger charge is -2.37. The molecule has 1 aliphatic heterocycles. The highest BCUT2D eigenvalue weighted by Crippen LogP contribution is 2.38. The molecule has 0 atom stereocenters. The molecule has 1 saturated heterocycles. The molecule has 1 fully saturated rings. The van der Waals surface area contributed by atoms with Crippen molar-refractivity contribution in [1.82, 2.24) is 9.88 Å². The molecular weight excluding hydrogens is 346 g/mol. The van der Waals surface area contributed by atoms with E-state index in [9.17, 15) is 14.0 Å². The van der Waals surface area contributed by atoms with E-state index < -0.39 is 29.3 Å². The van der Waals surface area contributed by atoms with Crippen molar-refractivity contribution in [2.75, 3.05) is 19.7 Å². The first kappa shape index (κ1) is 20.1. The molecule has 0 bridgehead atoms. The predicted molar refractivity (Wildman–Crippen MR) is 90.0 cm³/mol. The Morgan fingerprint density at radius 1 is 1.27 bits per heavy atom. The summed E-state index contributed by atoms with van der Waals surface area (Å²) in [5.41, 5.74) is -3.01. The number of rotatable bonds is 3. The van der Waals surface area contributed by atoms with Crippen LogP contribution in [0, 0.1) is 5.95 Å². The lowest BCUT2D eigenvalue weighted by Crippen LogP contribution is -2.45. The number of nitrogens with zero attached hydrogens (tertiary/aromatic N) is 2. The highest BCUT2D eigenvalue weighted by molar-refractivity contribution is 5.87. The summed E-state index contributed by atoms with van der Waals surface area (Å²) in [7, 11) is 0. The van der Waals surface area contributed by atoms with E-state index in [1.54, 1.807) is 27.7 Å². The molecule has 6 nitrogen and oxygen atoms in total. The van der Waals surface area contributed by atoms with Gasteiger partial charge in [0.15, 0.2) is 5.69 Å². The Labute approximate surface area is 151 Å². The normalized spacial score (nSPS) is 16.9. The average Bonchev–Trinajstić information content (AvgIpc) is 2.53. The molecule has 144 valence electrons. The molecule has 0 N–H and O–H groups in total. The number of aromatic nitrogens is 1. The van der Waals surface area contributed by atoms with E-state index in [-0.39, 0.29) is 43.8 Å². The molecule has 2 heterocycles. The van der Waals surface area contributed by atoms with Crippen LogP contribution in [0.25, 0.3) is 0 Å². The maximum absolute atomic E-state index is 15.2. The van der Waals surface area contributed by atoms with Crippen LogP contribution in [0.15, 0.2) is 12.1 Å². The van der Waals surface area contributed by atoms with Gasteiger partial charge in [0.25, 0.3) is 0 Å². The van der Waals surface area contributed by atoms with Gasteiger partial charge in [-0.3, -0.25) is 0 Å². The third kappa shape index (κ3) is 4.68. The molecular formula is C18H24F2N2O4. The zero-order chi connectivity index (χ0) is 19.5. The largest absolute Gasteiger partial charge is 0.461 e. The van der Waals surface area contributed by atoms with Gasteiger partial charge in [-0.25, -0.2) is 19.0 Å². The number of esters is 1. The van der Waals surface area contributed by atoms with Crippen molar-refractivity contribution < 1.29 is 27.8 Å². The number of ether oxygens (including phenoxy) is 2. The second-order valence-corrected chi connectivity index (χ2v) is 7.19. The van der Waals surface area contributed by atoms with Crippen molar-refractivity contribution >= 4 is 12.1 Å². The maximum atomic E-state index is 15.2. The number of carbonyl (C=O) groups is 2. The monoisotopic (exact) mass is 370 g/mol. The number of carbonyl (C=O) groups excluding carboxylic acids is 2. The minimum atomic E-state index is -1.96. The number of pyridine rings is 1. The van der Waals surface area contributed by atoms with Gasteiger partial charge in [-0.15, -0.1) is 0 Å². The first-order valence-corrected chi connectivity index (χ1v) is 8.57. The Morgan fingerprint density at radius 3 is 2.38 bits per heavy atom. The van der Waals surface area contributed by atoms with Gasteiger partial charge in [-0.05, 0) is 39.8 Å². The van der Waals surface area contributed by atoms with E-state index in [1.165, 1.54) is 17.0 Å². The second-order valence-electron chi connectivity index (χ2n) is 7.19. The van der Waals surface area contributed by atoms with E-state index >= 15 is 4.39 Å². The fourth-order valence-corrected chi connectivity index (χ4v) is 2.73. The SMILES string of the molecule is CCOC(=O)c1ccc(C2(F)CCN(C(=O)OC(C)(C)C)CC2)c(F)n1. The van der Waals surface area contributed by atoms with Crippen LogP contribution in [0.4, 0.5) is 13.6 Å². The van der Waals surface area contributed by atoms with Crippen LogP contribution in [0.1, 0.15) is 56.6 Å². The van der Waals surface area contributed by atoms with E-state index in [1.807, 2.05) is 0 Å². The number of hydrogen-bond donors (Lipinski definition) is 0. The Hall–Kier alpha value is -2.25. The topological polar surface area (TPSA) is 68.7 Å². The first-order chi connectivity index (χ1) is 12.1. The van der Waals surface area contributed by atoms with Gasteiger partial charge in [-0.1, -0.05) is 0 Å². The van der Waals surface area contributed by atoms with Gasteiger partial charge in [0.05, 0.1) is 6.61 Å². The molecule has 0 aliphatic carbocycles. The molecule has 26 heavy (non-hydrogen) atoms. The van der Waals surface area contributed by atoms with E-state index in [4.69, 9.17) is 9.47 Å². The lowest BCUT2D eigenvalue weighted by atomic mass is 9.87. The van der Waals surface area contributed by atoms with Crippen molar-refractivity contribution in [2.45, 2.75) is 51.8 Å². The quantitative estimate of drug-likeness (QED) is 0.601. The summed E-state index contributed by atoms with van der Waals surface area (Å²) in [6, 6.07) is 2.47. The summed E-state index contributed by atoms with van der Waals surface area (Å²) in [5.74, 6) is -1.80. The zero-order valence-corrected chi connectivity index (χ0v) is 15.5. The lowest BCUT2D eigenvalue weighted by molar-refractivity contribution is 0.00128. The third-order valence-electron chi connectivity index (χ3n) is 4.02. The minimum Gasteiger partial charge on any atom is -0.461 e. The van der Waals surface area contributed by atoms with E-state index in [2.05, 4.69) is 4.98 Å². The van der Waals surface area contributed by atoms with Crippen LogP contribution in [0.2, 0.25) is 0 Å². The number of piperidine rings is 1. The van der Waals surface area contributed by atoms with Crippen molar-refractivity contribution in [3.8, 4) is 0 Å². The van der Waals surface area contributed by atoms with E-state index in [0.717, 1.165) is 0 Å². The Balaban J connectivity index is 2.08. The van der Waals surface area contributed by atoms with Gasteiger partial charge < -0.3 is 14.4 Å². The Bertz CT molecular complexity index is 680. The molecule has 1 aromatic rings. The summed E-state index contributed by atoms with van der Waals surface area (Å²) in [5, 5.41) is 0. The van der Waals surface area contributed by atoms with Crippen LogP contribution in [0.3, 0.4) is 0 Å². The second kappa shape index (κ2) is 7.55. The fourth-order valence-electron chi connectivity index (χ4n) is 2.73. The Kier molecular flexibility index (Phi) is 5.83. The smallest absolute Gasteiger partial charge is 0.410 e. The molecule has 0 unspecified atom stereocenters. The molecule has 0 radical (unpaired) electrons. The third-order valence-corrected chi connectivity index (χ3v) is 4.02. The van der Waals surface area contributed by atoms with Crippen LogP contribution in [0.5, 0.6) is 0 Å². The number of halogens is 2. The van der Waals surface area contributed by atoms with Gasteiger partial charge >= 0.3 is 12.1 Å². The fraction of sp³-hybridized carbons (Fsp3) is 0.611. The van der Waals surface area contributed by atoms with E-state index in [0.29, 0.717) is 0 Å². The highest BCUT2D eigenvalue weighted by Gasteiger charge is 2.41. The number of likely N-dealkylation sites (tertiary alicyclic amines) is 1. The van der Waals surface area contributed by atoms with Crippen molar-refractivity contribution in [3.05, 3.63) is 29.3 Å². The van der Waals surface area contributed by atoms with Crippen LogP contribution in [-0.4, -0.2) is 47.2 Å². The minimum absolute atomic E-state index is 0.0798. The number of amides is 1. The molecule has 1 aliphatic rings. The predicted octanol–water partition coefficient (Wildman–Crippen LogP) is 3.59. The first-order valence-electron chi connectivity index (χ1n) is 8.57. The Morgan fingerprint density at radius 2 is 1.88 bits per heavy atom. The molecule has 0 saturated carbocycles.